The largest absolute Gasteiger partial charge is 0.482 e. The zero-order chi connectivity index (χ0) is 17.5. The Morgan fingerprint density at radius 2 is 1.75 bits per heavy atom. The summed E-state index contributed by atoms with van der Waals surface area (Å²) in [5, 5.41) is 2.43. The number of hydrogen-bond acceptors (Lipinski definition) is 4. The fraction of sp³-hybridized carbons (Fsp3) is 0.222. The summed E-state index contributed by atoms with van der Waals surface area (Å²) in [5.41, 5.74) is 2.34. The summed E-state index contributed by atoms with van der Waals surface area (Å²) < 4.78 is 23.2. The molecule has 0 unspecified atom stereocenters. The minimum atomic E-state index is -0.663. The number of rotatable bonds is 6. The van der Waals surface area contributed by atoms with Gasteiger partial charge in [0, 0.05) is 5.69 Å². The lowest BCUT2D eigenvalue weighted by Gasteiger charge is -2.09. The van der Waals surface area contributed by atoms with Crippen molar-refractivity contribution in [3.05, 3.63) is 59.4 Å². The van der Waals surface area contributed by atoms with Crippen molar-refractivity contribution in [3.63, 3.8) is 0 Å². The predicted octanol–water partition coefficient (Wildman–Crippen LogP) is 3.00. The maximum absolute atomic E-state index is 13.0. The molecule has 0 aromatic heterocycles. The molecule has 0 saturated heterocycles. The minimum Gasteiger partial charge on any atom is -0.482 e. The van der Waals surface area contributed by atoms with Gasteiger partial charge in [-0.25, -0.2) is 9.18 Å². The molecule has 5 nitrogen and oxygen atoms in total. The van der Waals surface area contributed by atoms with Crippen LogP contribution >= 0.6 is 0 Å². The van der Waals surface area contributed by atoms with Gasteiger partial charge in [0.25, 0.3) is 5.91 Å². The third kappa shape index (κ3) is 5.72. The highest BCUT2D eigenvalue weighted by atomic mass is 19.1. The Bertz CT molecular complexity index is 725. The van der Waals surface area contributed by atoms with Crippen LogP contribution in [0, 0.1) is 19.7 Å². The van der Waals surface area contributed by atoms with Gasteiger partial charge in [0.05, 0.1) is 0 Å². The van der Waals surface area contributed by atoms with Crippen LogP contribution in [0.1, 0.15) is 11.1 Å². The van der Waals surface area contributed by atoms with Gasteiger partial charge in [-0.15, -0.1) is 0 Å². The lowest BCUT2D eigenvalue weighted by molar-refractivity contribution is -0.149. The second-order valence-electron chi connectivity index (χ2n) is 5.33. The number of nitrogens with one attached hydrogen (secondary N) is 1. The van der Waals surface area contributed by atoms with Crippen LogP contribution in [-0.4, -0.2) is 25.1 Å². The van der Waals surface area contributed by atoms with Crippen molar-refractivity contribution < 1.29 is 23.5 Å². The Morgan fingerprint density at radius 3 is 2.42 bits per heavy atom. The third-order valence-corrected chi connectivity index (χ3v) is 3.02. The van der Waals surface area contributed by atoms with Gasteiger partial charge in [-0.1, -0.05) is 12.1 Å². The van der Waals surface area contributed by atoms with Crippen molar-refractivity contribution in [1.29, 1.82) is 0 Å². The average molecular weight is 331 g/mol. The molecule has 0 aliphatic heterocycles. The number of carbonyl (C=O) groups excluding carboxylic acids is 2. The SMILES string of the molecule is Cc1cc(C)cc(OCC(=O)OCC(=O)Nc2cccc(F)c2)c1. The lowest BCUT2D eigenvalue weighted by atomic mass is 10.1. The molecule has 2 aromatic rings. The number of carbonyl (C=O) groups is 2. The van der Waals surface area contributed by atoms with Crippen LogP contribution in [0.3, 0.4) is 0 Å². The van der Waals surface area contributed by atoms with Crippen LogP contribution in [0.5, 0.6) is 5.75 Å². The summed E-state index contributed by atoms with van der Waals surface area (Å²) in [6.45, 7) is 3.09. The van der Waals surface area contributed by atoms with Crippen molar-refractivity contribution in [2.75, 3.05) is 18.5 Å². The van der Waals surface area contributed by atoms with Crippen molar-refractivity contribution in [3.8, 4) is 5.75 Å². The van der Waals surface area contributed by atoms with Crippen molar-refractivity contribution in [2.45, 2.75) is 13.8 Å². The fourth-order valence-electron chi connectivity index (χ4n) is 2.11. The van der Waals surface area contributed by atoms with Crippen LogP contribution in [0.4, 0.5) is 10.1 Å². The van der Waals surface area contributed by atoms with Gasteiger partial charge in [-0.05, 0) is 55.3 Å². The Hall–Kier alpha value is -2.89. The highest BCUT2D eigenvalue weighted by Gasteiger charge is 2.09. The molecule has 0 spiro atoms. The van der Waals surface area contributed by atoms with Gasteiger partial charge in [0.1, 0.15) is 11.6 Å². The third-order valence-electron chi connectivity index (χ3n) is 3.02. The van der Waals surface area contributed by atoms with E-state index in [1.165, 1.54) is 24.3 Å². The predicted molar refractivity (Wildman–Crippen MR) is 87.4 cm³/mol. The van der Waals surface area contributed by atoms with Gasteiger partial charge in [-0.3, -0.25) is 4.79 Å². The zero-order valence-electron chi connectivity index (χ0n) is 13.5. The molecule has 0 aliphatic carbocycles. The first-order valence-corrected chi connectivity index (χ1v) is 7.34. The number of anilines is 1. The van der Waals surface area contributed by atoms with Gasteiger partial charge >= 0.3 is 5.97 Å². The van der Waals surface area contributed by atoms with E-state index in [9.17, 15) is 14.0 Å². The number of ether oxygens (including phenoxy) is 2. The van der Waals surface area contributed by atoms with Crippen LogP contribution in [0.15, 0.2) is 42.5 Å². The number of halogens is 1. The van der Waals surface area contributed by atoms with E-state index in [1.807, 2.05) is 19.9 Å². The monoisotopic (exact) mass is 331 g/mol. The Morgan fingerprint density at radius 1 is 1.04 bits per heavy atom. The van der Waals surface area contributed by atoms with Crippen LogP contribution in [-0.2, 0) is 14.3 Å². The Labute approximate surface area is 139 Å². The van der Waals surface area contributed by atoms with E-state index in [0.29, 0.717) is 11.4 Å². The maximum atomic E-state index is 13.0. The van der Waals surface area contributed by atoms with Gasteiger partial charge in [0.15, 0.2) is 13.2 Å². The number of aryl methyl sites for hydroxylation is 2. The highest BCUT2D eigenvalue weighted by molar-refractivity contribution is 5.92. The van der Waals surface area contributed by atoms with Crippen LogP contribution < -0.4 is 10.1 Å². The average Bonchev–Trinajstić information content (AvgIpc) is 2.50. The summed E-state index contributed by atoms with van der Waals surface area (Å²) in [5.74, 6) is -1.12. The molecule has 24 heavy (non-hydrogen) atoms. The first-order chi connectivity index (χ1) is 11.4. The van der Waals surface area contributed by atoms with E-state index in [0.717, 1.165) is 11.1 Å². The molecule has 0 fully saturated rings. The van der Waals surface area contributed by atoms with E-state index in [4.69, 9.17) is 9.47 Å². The maximum Gasteiger partial charge on any atom is 0.344 e. The molecule has 6 heteroatoms. The molecule has 126 valence electrons. The van der Waals surface area contributed by atoms with Crippen molar-refractivity contribution >= 4 is 17.6 Å². The summed E-state index contributed by atoms with van der Waals surface area (Å²) in [6.07, 6.45) is 0. The summed E-state index contributed by atoms with van der Waals surface area (Å²) in [6, 6.07) is 11.0. The first kappa shape index (κ1) is 17.5. The van der Waals surface area contributed by atoms with E-state index in [2.05, 4.69) is 5.32 Å². The molecule has 0 bridgehead atoms. The van der Waals surface area contributed by atoms with E-state index < -0.39 is 24.3 Å². The number of benzene rings is 2. The number of amides is 1. The molecule has 2 rings (SSSR count). The Kier molecular flexibility index (Phi) is 5.89. The van der Waals surface area contributed by atoms with Gasteiger partial charge in [-0.2, -0.15) is 0 Å². The molecule has 1 N–H and O–H groups in total. The smallest absolute Gasteiger partial charge is 0.344 e. The summed E-state index contributed by atoms with van der Waals surface area (Å²) >= 11 is 0. The number of esters is 1. The summed E-state index contributed by atoms with van der Waals surface area (Å²) in [4.78, 5) is 23.3. The highest BCUT2D eigenvalue weighted by Crippen LogP contribution is 2.16. The molecule has 1 amide bonds. The van der Waals surface area contributed by atoms with Crippen LogP contribution in [0.2, 0.25) is 0 Å². The molecule has 0 aliphatic rings. The minimum absolute atomic E-state index is 0.294. The molecule has 0 heterocycles. The zero-order valence-corrected chi connectivity index (χ0v) is 13.5. The topological polar surface area (TPSA) is 64.6 Å². The molecule has 0 radical (unpaired) electrons. The quantitative estimate of drug-likeness (QED) is 0.827. The number of hydrogen-bond donors (Lipinski definition) is 1. The molecular formula is C18H18FNO4. The normalized spacial score (nSPS) is 10.1. The molecule has 0 saturated carbocycles. The first-order valence-electron chi connectivity index (χ1n) is 7.34. The standard InChI is InChI=1S/C18H18FNO4/c1-12-6-13(2)8-16(7-12)23-11-18(22)24-10-17(21)20-15-5-3-4-14(19)9-15/h3-9H,10-11H2,1-2H3,(H,20,21). The fourth-order valence-corrected chi connectivity index (χ4v) is 2.11. The van der Waals surface area contributed by atoms with E-state index in [-0.39, 0.29) is 6.61 Å². The van der Waals surface area contributed by atoms with E-state index >= 15 is 0 Å². The van der Waals surface area contributed by atoms with Crippen molar-refractivity contribution in [1.82, 2.24) is 0 Å². The Balaban J connectivity index is 1.75. The molecule has 0 atom stereocenters. The van der Waals surface area contributed by atoms with Crippen molar-refractivity contribution in [2.24, 2.45) is 0 Å². The lowest BCUT2D eigenvalue weighted by Crippen LogP contribution is -2.23. The van der Waals surface area contributed by atoms with Gasteiger partial charge in [0.2, 0.25) is 0 Å². The molecule has 2 aromatic carbocycles. The second kappa shape index (κ2) is 8.10. The van der Waals surface area contributed by atoms with Gasteiger partial charge < -0.3 is 14.8 Å². The second-order valence-corrected chi connectivity index (χ2v) is 5.33. The van der Waals surface area contributed by atoms with Crippen LogP contribution in [0.25, 0.3) is 0 Å². The summed E-state index contributed by atoms with van der Waals surface area (Å²) in [7, 11) is 0. The van der Waals surface area contributed by atoms with E-state index in [1.54, 1.807) is 12.1 Å². The molecular weight excluding hydrogens is 313 g/mol.